The second-order valence-electron chi connectivity index (χ2n) is 3.72. The molecule has 2 aromatic rings. The van der Waals surface area contributed by atoms with E-state index in [1.165, 1.54) is 7.11 Å². The van der Waals surface area contributed by atoms with Crippen molar-refractivity contribution in [2.24, 2.45) is 0 Å². The van der Waals surface area contributed by atoms with Crippen LogP contribution >= 0.6 is 0 Å². The molecule has 4 N–H and O–H groups in total. The molecule has 1 heterocycles. The second-order valence-corrected chi connectivity index (χ2v) is 3.72. The Morgan fingerprint density at radius 1 is 1.56 bits per heavy atom. The van der Waals surface area contributed by atoms with E-state index in [1.54, 1.807) is 30.6 Å². The Labute approximate surface area is 104 Å². The van der Waals surface area contributed by atoms with Gasteiger partial charge in [0.05, 0.1) is 24.6 Å². The van der Waals surface area contributed by atoms with E-state index in [9.17, 15) is 4.79 Å². The molecular formula is C12H14N4O2. The third-order valence-electron chi connectivity index (χ3n) is 2.50. The van der Waals surface area contributed by atoms with Crippen molar-refractivity contribution in [3.05, 3.63) is 41.7 Å². The van der Waals surface area contributed by atoms with Crippen molar-refractivity contribution in [2.45, 2.75) is 6.54 Å². The lowest BCUT2D eigenvalue weighted by molar-refractivity contribution is 0.0948. The molecule has 1 aromatic carbocycles. The minimum absolute atomic E-state index is 0.236. The van der Waals surface area contributed by atoms with Crippen LogP contribution in [0.2, 0.25) is 0 Å². The Balaban J connectivity index is 2.11. The lowest BCUT2D eigenvalue weighted by Gasteiger charge is -2.10. The van der Waals surface area contributed by atoms with Gasteiger partial charge in [0.25, 0.3) is 5.91 Å². The molecule has 0 bridgehead atoms. The average Bonchev–Trinajstić information content (AvgIpc) is 2.88. The first-order chi connectivity index (χ1) is 8.72. The van der Waals surface area contributed by atoms with E-state index in [2.05, 4.69) is 15.5 Å². The van der Waals surface area contributed by atoms with Crippen LogP contribution in [-0.4, -0.2) is 23.2 Å². The Bertz CT molecular complexity index is 537. The summed E-state index contributed by atoms with van der Waals surface area (Å²) in [6.45, 7) is 0.396. The van der Waals surface area contributed by atoms with Crippen molar-refractivity contribution in [3.63, 3.8) is 0 Å². The third-order valence-corrected chi connectivity index (χ3v) is 2.50. The number of aromatic amines is 1. The zero-order valence-electron chi connectivity index (χ0n) is 9.93. The van der Waals surface area contributed by atoms with Crippen LogP contribution in [0.15, 0.2) is 30.6 Å². The molecule has 6 heteroatoms. The highest BCUT2D eigenvalue weighted by molar-refractivity contribution is 5.98. The molecule has 0 aliphatic rings. The number of aromatic nitrogens is 2. The molecule has 0 unspecified atom stereocenters. The van der Waals surface area contributed by atoms with E-state index in [0.717, 1.165) is 5.56 Å². The normalized spacial score (nSPS) is 10.1. The van der Waals surface area contributed by atoms with Crippen molar-refractivity contribution in [1.29, 1.82) is 0 Å². The van der Waals surface area contributed by atoms with E-state index >= 15 is 0 Å². The molecule has 1 aromatic heterocycles. The maximum Gasteiger partial charge on any atom is 0.255 e. The van der Waals surface area contributed by atoms with Crippen molar-refractivity contribution >= 4 is 11.6 Å². The number of carbonyl (C=O) groups is 1. The number of methoxy groups -OCH3 is 1. The summed E-state index contributed by atoms with van der Waals surface area (Å²) in [4.78, 5) is 12.0. The summed E-state index contributed by atoms with van der Waals surface area (Å²) in [6.07, 6.45) is 3.37. The zero-order chi connectivity index (χ0) is 13.0. The van der Waals surface area contributed by atoms with Crippen LogP contribution in [0.1, 0.15) is 15.9 Å². The third kappa shape index (κ3) is 2.42. The highest BCUT2D eigenvalue weighted by Crippen LogP contribution is 2.25. The Morgan fingerprint density at radius 2 is 2.39 bits per heavy atom. The number of nitrogens with two attached hydrogens (primary N) is 1. The second kappa shape index (κ2) is 5.22. The number of rotatable bonds is 4. The van der Waals surface area contributed by atoms with Crippen molar-refractivity contribution in [2.75, 3.05) is 12.8 Å². The van der Waals surface area contributed by atoms with Crippen molar-refractivity contribution in [3.8, 4) is 5.75 Å². The number of para-hydroxylation sites is 1. The molecule has 18 heavy (non-hydrogen) atoms. The number of nitrogen functional groups attached to an aromatic ring is 1. The molecule has 6 nitrogen and oxygen atoms in total. The van der Waals surface area contributed by atoms with Gasteiger partial charge in [-0.25, -0.2) is 0 Å². The van der Waals surface area contributed by atoms with E-state index in [1.807, 2.05) is 0 Å². The molecular weight excluding hydrogens is 232 g/mol. The lowest BCUT2D eigenvalue weighted by Crippen LogP contribution is -2.23. The molecule has 2 rings (SSSR count). The number of H-pyrrole nitrogens is 1. The number of anilines is 1. The number of carbonyl (C=O) groups excluding carboxylic acids is 1. The zero-order valence-corrected chi connectivity index (χ0v) is 9.93. The van der Waals surface area contributed by atoms with Gasteiger partial charge in [0.15, 0.2) is 5.75 Å². The van der Waals surface area contributed by atoms with Gasteiger partial charge in [-0.1, -0.05) is 6.07 Å². The van der Waals surface area contributed by atoms with Crippen LogP contribution in [0.4, 0.5) is 5.69 Å². The summed E-state index contributed by atoms with van der Waals surface area (Å²) in [7, 11) is 1.48. The Kier molecular flexibility index (Phi) is 3.47. The molecule has 0 radical (unpaired) electrons. The quantitative estimate of drug-likeness (QED) is 0.700. The largest absolute Gasteiger partial charge is 0.494 e. The van der Waals surface area contributed by atoms with Crippen molar-refractivity contribution < 1.29 is 9.53 Å². The first-order valence-corrected chi connectivity index (χ1v) is 5.40. The monoisotopic (exact) mass is 246 g/mol. The first kappa shape index (κ1) is 12.0. The van der Waals surface area contributed by atoms with E-state index in [-0.39, 0.29) is 5.91 Å². The van der Waals surface area contributed by atoms with E-state index < -0.39 is 0 Å². The standard InChI is InChI=1S/C12H14N4O2/c1-18-11-9(3-2-4-10(11)13)12(17)14-5-8-6-15-16-7-8/h2-4,6-7H,5,13H2,1H3,(H,14,17)(H,15,16). The predicted octanol–water partition coefficient (Wildman–Crippen LogP) is 0.930. The summed E-state index contributed by atoms with van der Waals surface area (Å²) in [5, 5.41) is 9.25. The lowest BCUT2D eigenvalue weighted by atomic mass is 10.1. The van der Waals surface area contributed by atoms with Gasteiger partial charge >= 0.3 is 0 Å². The first-order valence-electron chi connectivity index (χ1n) is 5.40. The Hall–Kier alpha value is -2.50. The molecule has 0 atom stereocenters. The number of benzene rings is 1. The molecule has 1 amide bonds. The fourth-order valence-corrected chi connectivity index (χ4v) is 1.61. The fraction of sp³-hybridized carbons (Fsp3) is 0.167. The SMILES string of the molecule is COc1c(N)cccc1C(=O)NCc1cn[nH]c1. The van der Waals surface area contributed by atoms with Crippen LogP contribution in [0.5, 0.6) is 5.75 Å². The maximum absolute atomic E-state index is 12.0. The summed E-state index contributed by atoms with van der Waals surface area (Å²) in [6, 6.07) is 5.07. The van der Waals surface area contributed by atoms with Gasteiger partial charge in [-0.3, -0.25) is 9.89 Å². The van der Waals surface area contributed by atoms with Gasteiger partial charge in [-0.05, 0) is 12.1 Å². The van der Waals surface area contributed by atoms with Crippen molar-refractivity contribution in [1.82, 2.24) is 15.5 Å². The number of nitrogens with zero attached hydrogens (tertiary/aromatic N) is 1. The fourth-order valence-electron chi connectivity index (χ4n) is 1.61. The molecule has 0 aliphatic heterocycles. The van der Waals surface area contributed by atoms with E-state index in [0.29, 0.717) is 23.5 Å². The van der Waals surface area contributed by atoms with Crippen LogP contribution in [0, 0.1) is 0 Å². The van der Waals surface area contributed by atoms with Gasteiger partial charge in [-0.2, -0.15) is 5.10 Å². The maximum atomic E-state index is 12.0. The summed E-state index contributed by atoms with van der Waals surface area (Å²) < 4.78 is 5.13. The van der Waals surface area contributed by atoms with Gasteiger partial charge in [-0.15, -0.1) is 0 Å². The highest BCUT2D eigenvalue weighted by Gasteiger charge is 2.13. The summed E-state index contributed by atoms with van der Waals surface area (Å²) in [5.41, 5.74) is 7.49. The summed E-state index contributed by atoms with van der Waals surface area (Å²) in [5.74, 6) is 0.155. The Morgan fingerprint density at radius 3 is 3.06 bits per heavy atom. The predicted molar refractivity (Wildman–Crippen MR) is 67.2 cm³/mol. The molecule has 0 fully saturated rings. The number of hydrogen-bond donors (Lipinski definition) is 3. The van der Waals surface area contributed by atoms with E-state index in [4.69, 9.17) is 10.5 Å². The van der Waals surface area contributed by atoms with Gasteiger partial charge in [0.2, 0.25) is 0 Å². The number of hydrogen-bond acceptors (Lipinski definition) is 4. The van der Waals surface area contributed by atoms with Crippen LogP contribution < -0.4 is 15.8 Å². The smallest absolute Gasteiger partial charge is 0.255 e. The molecule has 0 aliphatic carbocycles. The molecule has 0 saturated carbocycles. The highest BCUT2D eigenvalue weighted by atomic mass is 16.5. The minimum Gasteiger partial charge on any atom is -0.494 e. The van der Waals surface area contributed by atoms with Gasteiger partial charge in [0, 0.05) is 18.3 Å². The van der Waals surface area contributed by atoms with Crippen LogP contribution in [0.25, 0.3) is 0 Å². The summed E-state index contributed by atoms with van der Waals surface area (Å²) >= 11 is 0. The number of amides is 1. The van der Waals surface area contributed by atoms with Gasteiger partial charge < -0.3 is 15.8 Å². The topological polar surface area (TPSA) is 93.0 Å². The minimum atomic E-state index is -0.236. The average molecular weight is 246 g/mol. The van der Waals surface area contributed by atoms with Crippen LogP contribution in [0.3, 0.4) is 0 Å². The van der Waals surface area contributed by atoms with Gasteiger partial charge in [0.1, 0.15) is 0 Å². The number of ether oxygens (including phenoxy) is 1. The number of nitrogens with one attached hydrogen (secondary N) is 2. The van der Waals surface area contributed by atoms with Crippen LogP contribution in [-0.2, 0) is 6.54 Å². The molecule has 0 saturated heterocycles. The molecule has 94 valence electrons. The molecule has 0 spiro atoms.